The normalized spacial score (nSPS) is 14.3. The lowest BCUT2D eigenvalue weighted by Crippen LogP contribution is -2.35. The number of benzene rings is 1. The highest BCUT2D eigenvalue weighted by Gasteiger charge is 2.27. The maximum atomic E-state index is 13.9. The molecule has 0 fully saturated rings. The molecule has 6 heteroatoms. The largest absolute Gasteiger partial charge is 0.340 e. The van der Waals surface area contributed by atoms with Crippen molar-refractivity contribution in [3.05, 3.63) is 47.4 Å². The van der Waals surface area contributed by atoms with Crippen LogP contribution in [0.3, 0.4) is 0 Å². The molecule has 1 aromatic heterocycles. The van der Waals surface area contributed by atoms with E-state index >= 15 is 0 Å². The molecule has 0 spiro atoms. The number of fused-ring (bicyclic) bond motifs is 1. The van der Waals surface area contributed by atoms with Gasteiger partial charge in [0.2, 0.25) is 0 Å². The second-order valence-corrected chi connectivity index (χ2v) is 4.65. The van der Waals surface area contributed by atoms with E-state index in [1.165, 1.54) is 18.5 Å². The minimum absolute atomic E-state index is 0.183. The van der Waals surface area contributed by atoms with E-state index in [9.17, 15) is 13.6 Å². The Bertz CT molecular complexity index is 703. The minimum atomic E-state index is -0.697. The van der Waals surface area contributed by atoms with E-state index in [0.717, 1.165) is 6.07 Å². The molecular formula is C14H11F2N3O. The van der Waals surface area contributed by atoms with Gasteiger partial charge in [0.1, 0.15) is 23.7 Å². The van der Waals surface area contributed by atoms with Gasteiger partial charge in [-0.2, -0.15) is 0 Å². The number of hydrogen-bond donors (Lipinski definition) is 0. The first-order valence-corrected chi connectivity index (χ1v) is 6.12. The molecule has 0 radical (unpaired) electrons. The summed E-state index contributed by atoms with van der Waals surface area (Å²) in [6.07, 6.45) is 1.78. The van der Waals surface area contributed by atoms with Crippen LogP contribution in [-0.2, 0) is 6.42 Å². The second kappa shape index (κ2) is 4.63. The van der Waals surface area contributed by atoms with Crippen molar-refractivity contribution in [1.29, 1.82) is 0 Å². The van der Waals surface area contributed by atoms with Gasteiger partial charge in [0, 0.05) is 30.8 Å². The molecular weight excluding hydrogens is 264 g/mol. The van der Waals surface area contributed by atoms with Crippen molar-refractivity contribution in [2.75, 3.05) is 13.6 Å². The fraction of sp³-hybridized carbons (Fsp3) is 0.214. The number of nitrogens with zero attached hydrogens (tertiary/aromatic N) is 3. The van der Waals surface area contributed by atoms with Crippen LogP contribution in [0.15, 0.2) is 24.5 Å². The number of aromatic nitrogens is 2. The Labute approximate surface area is 114 Å². The van der Waals surface area contributed by atoms with Crippen molar-refractivity contribution >= 4 is 5.91 Å². The molecule has 0 bridgehead atoms. The second-order valence-electron chi connectivity index (χ2n) is 4.65. The Morgan fingerprint density at radius 2 is 1.95 bits per heavy atom. The molecule has 1 amide bonds. The van der Waals surface area contributed by atoms with Crippen molar-refractivity contribution in [3.63, 3.8) is 0 Å². The van der Waals surface area contributed by atoms with E-state index in [1.807, 2.05) is 0 Å². The van der Waals surface area contributed by atoms with Crippen LogP contribution in [-0.4, -0.2) is 34.4 Å². The van der Waals surface area contributed by atoms with E-state index in [-0.39, 0.29) is 17.2 Å². The number of amides is 1. The zero-order chi connectivity index (χ0) is 14.3. The molecule has 0 unspecified atom stereocenters. The number of carbonyl (C=O) groups is 1. The lowest BCUT2D eigenvalue weighted by molar-refractivity contribution is 0.0774. The van der Waals surface area contributed by atoms with Crippen molar-refractivity contribution < 1.29 is 13.6 Å². The van der Waals surface area contributed by atoms with Crippen molar-refractivity contribution in [3.8, 4) is 11.3 Å². The Morgan fingerprint density at radius 1 is 1.20 bits per heavy atom. The summed E-state index contributed by atoms with van der Waals surface area (Å²) in [5.41, 5.74) is 1.44. The molecule has 0 saturated heterocycles. The summed E-state index contributed by atoms with van der Waals surface area (Å²) in [4.78, 5) is 21.6. The first-order valence-electron chi connectivity index (χ1n) is 6.12. The fourth-order valence-electron chi connectivity index (χ4n) is 2.31. The maximum Gasteiger partial charge on any atom is 0.272 e. The van der Waals surface area contributed by atoms with Gasteiger partial charge >= 0.3 is 0 Å². The Morgan fingerprint density at radius 3 is 2.70 bits per heavy atom. The average Bonchev–Trinajstić information content (AvgIpc) is 2.43. The number of rotatable bonds is 1. The average molecular weight is 275 g/mol. The van der Waals surface area contributed by atoms with E-state index in [1.54, 1.807) is 11.9 Å². The number of hydrogen-bond acceptors (Lipinski definition) is 3. The summed E-state index contributed by atoms with van der Waals surface area (Å²) in [6.45, 7) is 0.523. The predicted molar refractivity (Wildman–Crippen MR) is 68.0 cm³/mol. The van der Waals surface area contributed by atoms with Crippen molar-refractivity contribution in [2.45, 2.75) is 6.42 Å². The molecule has 0 atom stereocenters. The van der Waals surface area contributed by atoms with Crippen LogP contribution in [0.25, 0.3) is 11.3 Å². The van der Waals surface area contributed by atoms with Crippen LogP contribution in [0.5, 0.6) is 0 Å². The van der Waals surface area contributed by atoms with Crippen LogP contribution in [0.4, 0.5) is 8.78 Å². The number of carbonyl (C=O) groups excluding carboxylic acids is 1. The Hall–Kier alpha value is -2.37. The molecule has 1 aromatic carbocycles. The summed E-state index contributed by atoms with van der Waals surface area (Å²) in [5.74, 6) is -1.56. The first-order chi connectivity index (χ1) is 9.58. The third-order valence-electron chi connectivity index (χ3n) is 3.38. The Kier molecular flexibility index (Phi) is 2.93. The van der Waals surface area contributed by atoms with Crippen molar-refractivity contribution in [1.82, 2.24) is 14.9 Å². The van der Waals surface area contributed by atoms with Gasteiger partial charge in [-0.3, -0.25) is 4.79 Å². The summed E-state index contributed by atoms with van der Waals surface area (Å²) >= 11 is 0. The van der Waals surface area contributed by atoms with Gasteiger partial charge in [0.05, 0.1) is 5.69 Å². The van der Waals surface area contributed by atoms with Crippen LogP contribution in [0.1, 0.15) is 16.1 Å². The number of halogens is 2. The molecule has 1 aliphatic heterocycles. The van der Waals surface area contributed by atoms with E-state index in [0.29, 0.717) is 24.2 Å². The molecule has 3 rings (SSSR count). The molecule has 0 aliphatic carbocycles. The van der Waals surface area contributed by atoms with Crippen LogP contribution in [0.2, 0.25) is 0 Å². The lowest BCUT2D eigenvalue weighted by atomic mass is 9.98. The molecule has 1 aliphatic rings. The molecule has 102 valence electrons. The van der Waals surface area contributed by atoms with E-state index in [4.69, 9.17) is 0 Å². The van der Waals surface area contributed by atoms with Gasteiger partial charge in [-0.1, -0.05) is 0 Å². The van der Waals surface area contributed by atoms with Gasteiger partial charge in [0.25, 0.3) is 5.91 Å². The third kappa shape index (κ3) is 1.93. The van der Waals surface area contributed by atoms with Gasteiger partial charge < -0.3 is 4.90 Å². The highest BCUT2D eigenvalue weighted by Crippen LogP contribution is 2.28. The van der Waals surface area contributed by atoms with Crippen LogP contribution in [0, 0.1) is 11.6 Å². The summed E-state index contributed by atoms with van der Waals surface area (Å²) < 4.78 is 26.9. The Balaban J connectivity index is 2.19. The molecule has 2 heterocycles. The van der Waals surface area contributed by atoms with E-state index < -0.39 is 11.6 Å². The zero-order valence-electron chi connectivity index (χ0n) is 10.7. The molecule has 20 heavy (non-hydrogen) atoms. The SMILES string of the molecule is CN1CCc2c(ncnc2-c2ccc(F)cc2F)C1=O. The van der Waals surface area contributed by atoms with Crippen LogP contribution >= 0.6 is 0 Å². The maximum absolute atomic E-state index is 13.9. The van der Waals surface area contributed by atoms with E-state index in [2.05, 4.69) is 9.97 Å². The molecule has 2 aromatic rings. The highest BCUT2D eigenvalue weighted by atomic mass is 19.1. The third-order valence-corrected chi connectivity index (χ3v) is 3.38. The summed E-state index contributed by atoms with van der Waals surface area (Å²) in [5, 5.41) is 0. The van der Waals surface area contributed by atoms with Gasteiger partial charge in [-0.25, -0.2) is 18.7 Å². The van der Waals surface area contributed by atoms with Gasteiger partial charge in [0.15, 0.2) is 0 Å². The topological polar surface area (TPSA) is 46.1 Å². The monoisotopic (exact) mass is 275 g/mol. The first kappa shape index (κ1) is 12.7. The minimum Gasteiger partial charge on any atom is -0.340 e. The standard InChI is InChI=1S/C14H11F2N3O/c1-19-5-4-10-12(17-7-18-13(10)14(19)20)9-3-2-8(15)6-11(9)16/h2-3,6-7H,4-5H2,1H3. The highest BCUT2D eigenvalue weighted by molar-refractivity contribution is 5.96. The molecule has 0 saturated carbocycles. The summed E-state index contributed by atoms with van der Waals surface area (Å²) in [6, 6.07) is 3.31. The summed E-state index contributed by atoms with van der Waals surface area (Å²) in [7, 11) is 1.69. The number of likely N-dealkylation sites (N-methyl/N-ethyl adjacent to an activating group) is 1. The fourth-order valence-corrected chi connectivity index (χ4v) is 2.31. The predicted octanol–water partition coefficient (Wildman–Crippen LogP) is 2.05. The zero-order valence-corrected chi connectivity index (χ0v) is 10.7. The molecule has 4 nitrogen and oxygen atoms in total. The quantitative estimate of drug-likeness (QED) is 0.800. The van der Waals surface area contributed by atoms with Gasteiger partial charge in [-0.15, -0.1) is 0 Å². The van der Waals surface area contributed by atoms with Crippen LogP contribution < -0.4 is 0 Å². The van der Waals surface area contributed by atoms with Crippen molar-refractivity contribution in [2.24, 2.45) is 0 Å². The lowest BCUT2D eigenvalue weighted by Gasteiger charge is -2.25. The molecule has 0 N–H and O–H groups in total. The van der Waals surface area contributed by atoms with Gasteiger partial charge in [-0.05, 0) is 18.6 Å². The smallest absolute Gasteiger partial charge is 0.272 e.